The molecular formula is C22H15N5O. The van der Waals surface area contributed by atoms with E-state index in [2.05, 4.69) is 15.4 Å². The largest absolute Gasteiger partial charge is 0.270 e. The maximum absolute atomic E-state index is 13.2. The molecule has 6 heteroatoms. The van der Waals surface area contributed by atoms with Gasteiger partial charge in [-0.3, -0.25) is 15.2 Å². The van der Waals surface area contributed by atoms with Crippen molar-refractivity contribution in [1.29, 1.82) is 0 Å². The van der Waals surface area contributed by atoms with Crippen LogP contribution in [-0.4, -0.2) is 25.5 Å². The van der Waals surface area contributed by atoms with Gasteiger partial charge in [-0.1, -0.05) is 30.3 Å². The Bertz CT molecular complexity index is 1310. The first-order valence-corrected chi connectivity index (χ1v) is 8.83. The molecule has 1 N–H and O–H groups in total. The quantitative estimate of drug-likeness (QED) is 0.524. The lowest BCUT2D eigenvalue weighted by molar-refractivity contribution is 0.101. The van der Waals surface area contributed by atoms with Crippen molar-refractivity contribution in [1.82, 2.24) is 19.6 Å². The molecule has 6 nitrogen and oxygen atoms in total. The third-order valence-electron chi connectivity index (χ3n) is 4.59. The van der Waals surface area contributed by atoms with Gasteiger partial charge in [0.15, 0.2) is 0 Å². The van der Waals surface area contributed by atoms with Crippen LogP contribution in [0.1, 0.15) is 10.4 Å². The van der Waals surface area contributed by atoms with Crippen molar-refractivity contribution in [3.8, 4) is 11.3 Å². The van der Waals surface area contributed by atoms with Gasteiger partial charge in [-0.2, -0.15) is 0 Å². The van der Waals surface area contributed by atoms with Crippen molar-refractivity contribution in [3.63, 3.8) is 0 Å². The second-order valence-electron chi connectivity index (χ2n) is 6.36. The van der Waals surface area contributed by atoms with Crippen molar-refractivity contribution >= 4 is 27.8 Å². The van der Waals surface area contributed by atoms with Crippen LogP contribution in [0.15, 0.2) is 85.5 Å². The van der Waals surface area contributed by atoms with Crippen molar-refractivity contribution in [2.45, 2.75) is 0 Å². The number of benzene rings is 2. The Morgan fingerprint density at radius 2 is 1.75 bits per heavy atom. The molecule has 0 aliphatic heterocycles. The second-order valence-corrected chi connectivity index (χ2v) is 6.36. The number of imidazole rings is 1. The van der Waals surface area contributed by atoms with Gasteiger partial charge >= 0.3 is 0 Å². The molecule has 0 radical (unpaired) electrons. The molecule has 0 atom stereocenters. The highest BCUT2D eigenvalue weighted by Gasteiger charge is 2.15. The van der Waals surface area contributed by atoms with Gasteiger partial charge in [0.2, 0.25) is 0 Å². The number of hydrogen-bond donors (Lipinski definition) is 1. The summed E-state index contributed by atoms with van der Waals surface area (Å²) in [6.45, 7) is 0. The molecule has 0 saturated heterocycles. The third-order valence-corrected chi connectivity index (χ3v) is 4.59. The summed E-state index contributed by atoms with van der Waals surface area (Å²) in [7, 11) is 0. The highest BCUT2D eigenvalue weighted by atomic mass is 16.2. The summed E-state index contributed by atoms with van der Waals surface area (Å²) in [6, 6.07) is 20.8. The van der Waals surface area contributed by atoms with Crippen LogP contribution in [0.4, 0.5) is 0 Å². The SMILES string of the molecule is O=C(Nn1cnc2ccccc21)c1cc(-c2cccnc2)nc2ccccc12. The van der Waals surface area contributed by atoms with E-state index < -0.39 is 0 Å². The summed E-state index contributed by atoms with van der Waals surface area (Å²) in [6.07, 6.45) is 5.05. The van der Waals surface area contributed by atoms with Crippen molar-refractivity contribution in [3.05, 3.63) is 91.0 Å². The highest BCUT2D eigenvalue weighted by molar-refractivity contribution is 6.11. The van der Waals surface area contributed by atoms with E-state index in [1.807, 2.05) is 60.7 Å². The molecule has 134 valence electrons. The first-order valence-electron chi connectivity index (χ1n) is 8.83. The van der Waals surface area contributed by atoms with Crippen LogP contribution in [0.5, 0.6) is 0 Å². The number of rotatable bonds is 3. The summed E-state index contributed by atoms with van der Waals surface area (Å²) in [5, 5.41) is 0.789. The average Bonchev–Trinajstić information content (AvgIpc) is 3.16. The van der Waals surface area contributed by atoms with Crippen LogP contribution in [0, 0.1) is 0 Å². The zero-order valence-electron chi connectivity index (χ0n) is 14.8. The Morgan fingerprint density at radius 1 is 0.929 bits per heavy atom. The molecule has 3 heterocycles. The highest BCUT2D eigenvalue weighted by Crippen LogP contribution is 2.24. The van der Waals surface area contributed by atoms with Gasteiger partial charge in [0.1, 0.15) is 6.33 Å². The molecule has 28 heavy (non-hydrogen) atoms. The normalized spacial score (nSPS) is 11.0. The van der Waals surface area contributed by atoms with E-state index in [-0.39, 0.29) is 5.91 Å². The number of nitrogens with zero attached hydrogens (tertiary/aromatic N) is 4. The fourth-order valence-electron chi connectivity index (χ4n) is 3.24. The fourth-order valence-corrected chi connectivity index (χ4v) is 3.24. The van der Waals surface area contributed by atoms with Crippen molar-refractivity contribution in [2.75, 3.05) is 5.43 Å². The number of fused-ring (bicyclic) bond motifs is 2. The summed E-state index contributed by atoms with van der Waals surface area (Å²) >= 11 is 0. The van der Waals surface area contributed by atoms with E-state index in [0.29, 0.717) is 11.3 Å². The van der Waals surface area contributed by atoms with Crippen LogP contribution >= 0.6 is 0 Å². The zero-order chi connectivity index (χ0) is 18.9. The topological polar surface area (TPSA) is 72.7 Å². The van der Waals surface area contributed by atoms with Crippen molar-refractivity contribution in [2.24, 2.45) is 0 Å². The first kappa shape index (κ1) is 16.1. The predicted octanol–water partition coefficient (Wildman–Crippen LogP) is 4.03. The maximum Gasteiger partial charge on any atom is 0.270 e. The third kappa shape index (κ3) is 2.77. The van der Waals surface area contributed by atoms with Gasteiger partial charge in [-0.25, -0.2) is 14.6 Å². The standard InChI is InChI=1S/C22H15N5O/c28-22(26-27-14-24-19-9-3-4-10-21(19)27)17-12-20(15-6-5-11-23-13-15)25-18-8-2-1-7-16(17)18/h1-14H,(H,26,28). The summed E-state index contributed by atoms with van der Waals surface area (Å²) < 4.78 is 1.64. The monoisotopic (exact) mass is 365 g/mol. The van der Waals surface area contributed by atoms with Gasteiger partial charge in [0.05, 0.1) is 27.8 Å². The molecule has 1 amide bonds. The lowest BCUT2D eigenvalue weighted by Crippen LogP contribution is -2.22. The first-order chi connectivity index (χ1) is 13.8. The minimum absolute atomic E-state index is 0.230. The van der Waals surface area contributed by atoms with Gasteiger partial charge in [0.25, 0.3) is 5.91 Å². The number of aromatic nitrogens is 4. The molecule has 0 aliphatic carbocycles. The molecule has 0 aliphatic rings. The van der Waals surface area contributed by atoms with E-state index in [1.54, 1.807) is 29.5 Å². The summed E-state index contributed by atoms with van der Waals surface area (Å²) in [5.74, 6) is -0.230. The van der Waals surface area contributed by atoms with Crippen molar-refractivity contribution < 1.29 is 4.79 Å². The molecule has 5 aromatic rings. The average molecular weight is 365 g/mol. The smallest absolute Gasteiger partial charge is 0.267 e. The van der Waals surface area contributed by atoms with Gasteiger partial charge in [-0.15, -0.1) is 0 Å². The number of carbonyl (C=O) groups excluding carboxylic acids is 1. The number of hydrogen-bond acceptors (Lipinski definition) is 4. The van der Waals surface area contributed by atoms with Crippen LogP contribution in [0.3, 0.4) is 0 Å². The molecule has 5 rings (SSSR count). The lowest BCUT2D eigenvalue weighted by atomic mass is 10.0. The molecule has 0 spiro atoms. The Hall–Kier alpha value is -4.06. The van der Waals surface area contributed by atoms with Gasteiger partial charge in [0, 0.05) is 23.3 Å². The van der Waals surface area contributed by atoms with Gasteiger partial charge < -0.3 is 0 Å². The molecule has 0 unspecified atom stereocenters. The summed E-state index contributed by atoms with van der Waals surface area (Å²) in [5.41, 5.74) is 7.43. The number of carbonyl (C=O) groups is 1. The molecule has 3 aromatic heterocycles. The van der Waals surface area contributed by atoms with E-state index >= 15 is 0 Å². The number of para-hydroxylation sites is 3. The molecule has 0 fully saturated rings. The second kappa shape index (κ2) is 6.59. The molecule has 0 bridgehead atoms. The van der Waals surface area contributed by atoms with E-state index in [4.69, 9.17) is 4.98 Å². The predicted molar refractivity (Wildman–Crippen MR) is 108 cm³/mol. The van der Waals surface area contributed by atoms with E-state index in [0.717, 1.165) is 27.5 Å². The minimum Gasteiger partial charge on any atom is -0.267 e. The Labute approximate surface area is 160 Å². The molecule has 2 aromatic carbocycles. The number of nitrogens with one attached hydrogen (secondary N) is 1. The Balaban J connectivity index is 1.62. The number of amides is 1. The molecule has 0 saturated carbocycles. The zero-order valence-corrected chi connectivity index (χ0v) is 14.8. The Morgan fingerprint density at radius 3 is 2.61 bits per heavy atom. The minimum atomic E-state index is -0.230. The summed E-state index contributed by atoms with van der Waals surface area (Å²) in [4.78, 5) is 26.3. The van der Waals surface area contributed by atoms with Crippen LogP contribution in [0.2, 0.25) is 0 Å². The maximum atomic E-state index is 13.2. The van der Waals surface area contributed by atoms with E-state index in [1.165, 1.54) is 0 Å². The van der Waals surface area contributed by atoms with Crippen LogP contribution in [-0.2, 0) is 0 Å². The number of pyridine rings is 2. The van der Waals surface area contributed by atoms with Crippen LogP contribution in [0.25, 0.3) is 33.2 Å². The van der Waals surface area contributed by atoms with Gasteiger partial charge in [-0.05, 0) is 36.4 Å². The molecular weight excluding hydrogens is 350 g/mol. The lowest BCUT2D eigenvalue weighted by Gasteiger charge is -2.11. The Kier molecular flexibility index (Phi) is 3.80. The fraction of sp³-hybridized carbons (Fsp3) is 0. The van der Waals surface area contributed by atoms with E-state index in [9.17, 15) is 4.79 Å². The van der Waals surface area contributed by atoms with Crippen LogP contribution < -0.4 is 5.43 Å².